The Hall–Kier alpha value is -1.36. The highest BCUT2D eigenvalue weighted by molar-refractivity contribution is 8.00. The molecule has 5 heteroatoms. The molecule has 0 amide bonds. The minimum Gasteiger partial charge on any atom is -0.293 e. The van der Waals surface area contributed by atoms with Gasteiger partial charge in [-0.2, -0.15) is 11.8 Å². The van der Waals surface area contributed by atoms with Gasteiger partial charge in [-0.3, -0.25) is 14.9 Å². The molecule has 0 saturated heterocycles. The molecule has 98 valence electrons. The molecule has 0 heterocycles. The highest BCUT2D eigenvalue weighted by atomic mass is 32.2. The van der Waals surface area contributed by atoms with Crippen molar-refractivity contribution >= 4 is 23.2 Å². The van der Waals surface area contributed by atoms with Gasteiger partial charge < -0.3 is 0 Å². The van der Waals surface area contributed by atoms with Crippen molar-refractivity contribution in [3.05, 3.63) is 39.9 Å². The quantitative estimate of drug-likeness (QED) is 0.449. The van der Waals surface area contributed by atoms with E-state index in [2.05, 4.69) is 20.8 Å². The minimum atomic E-state index is -0.485. The SMILES string of the molecule is CC(C)C(C)SCC(=O)c1cccc([N+](=O)[O-])c1. The molecule has 1 aromatic rings. The smallest absolute Gasteiger partial charge is 0.270 e. The highest BCUT2D eigenvalue weighted by Crippen LogP contribution is 2.21. The Morgan fingerprint density at radius 3 is 2.61 bits per heavy atom. The van der Waals surface area contributed by atoms with Crippen LogP contribution in [0, 0.1) is 16.0 Å². The fraction of sp³-hybridized carbons (Fsp3) is 0.462. The van der Waals surface area contributed by atoms with Crippen molar-refractivity contribution in [2.45, 2.75) is 26.0 Å². The third-order valence-corrected chi connectivity index (χ3v) is 4.29. The Labute approximate surface area is 111 Å². The van der Waals surface area contributed by atoms with Gasteiger partial charge in [-0.25, -0.2) is 0 Å². The van der Waals surface area contributed by atoms with Gasteiger partial charge in [0.25, 0.3) is 5.69 Å². The van der Waals surface area contributed by atoms with E-state index in [1.54, 1.807) is 23.9 Å². The summed E-state index contributed by atoms with van der Waals surface area (Å²) in [5.41, 5.74) is 0.371. The molecule has 0 fully saturated rings. The van der Waals surface area contributed by atoms with Crippen LogP contribution in [0.15, 0.2) is 24.3 Å². The molecule has 1 aromatic carbocycles. The maximum absolute atomic E-state index is 11.9. The summed E-state index contributed by atoms with van der Waals surface area (Å²) in [5.74, 6) is 0.810. The van der Waals surface area contributed by atoms with Crippen molar-refractivity contribution in [3.8, 4) is 0 Å². The summed E-state index contributed by atoms with van der Waals surface area (Å²) in [5, 5.41) is 11.0. The number of rotatable bonds is 6. The molecule has 1 atom stereocenters. The average molecular weight is 267 g/mol. The van der Waals surface area contributed by atoms with Crippen LogP contribution in [0.5, 0.6) is 0 Å². The lowest BCUT2D eigenvalue weighted by Crippen LogP contribution is -2.11. The molecule has 0 aliphatic heterocycles. The number of benzene rings is 1. The van der Waals surface area contributed by atoms with Crippen molar-refractivity contribution in [3.63, 3.8) is 0 Å². The zero-order valence-corrected chi connectivity index (χ0v) is 11.6. The van der Waals surface area contributed by atoms with Crippen molar-refractivity contribution in [1.29, 1.82) is 0 Å². The van der Waals surface area contributed by atoms with Crippen LogP contribution in [0.4, 0.5) is 5.69 Å². The predicted molar refractivity (Wildman–Crippen MR) is 74.2 cm³/mol. The maximum Gasteiger partial charge on any atom is 0.270 e. The lowest BCUT2D eigenvalue weighted by Gasteiger charge is -2.14. The van der Waals surface area contributed by atoms with Crippen LogP contribution in [0.25, 0.3) is 0 Å². The van der Waals surface area contributed by atoms with Crippen molar-refractivity contribution in [2.24, 2.45) is 5.92 Å². The van der Waals surface area contributed by atoms with Crippen molar-refractivity contribution in [2.75, 3.05) is 5.75 Å². The summed E-state index contributed by atoms with van der Waals surface area (Å²) in [7, 11) is 0. The van der Waals surface area contributed by atoms with Crippen molar-refractivity contribution in [1.82, 2.24) is 0 Å². The highest BCUT2D eigenvalue weighted by Gasteiger charge is 2.14. The summed E-state index contributed by atoms with van der Waals surface area (Å²) in [6.45, 7) is 6.29. The van der Waals surface area contributed by atoms with Crippen LogP contribution >= 0.6 is 11.8 Å². The van der Waals surface area contributed by atoms with Gasteiger partial charge in [0.2, 0.25) is 0 Å². The van der Waals surface area contributed by atoms with Crippen LogP contribution in [0.2, 0.25) is 0 Å². The monoisotopic (exact) mass is 267 g/mol. The number of Topliss-reactive ketones (excluding diaryl/α,β-unsaturated/α-hetero) is 1. The Kier molecular flexibility index (Phi) is 5.34. The molecule has 4 nitrogen and oxygen atoms in total. The average Bonchev–Trinajstić information content (AvgIpc) is 2.35. The molecule has 0 saturated carbocycles. The van der Waals surface area contributed by atoms with Gasteiger partial charge in [-0.1, -0.05) is 32.9 Å². The predicted octanol–water partition coefficient (Wildman–Crippen LogP) is 3.56. The number of nitrogens with zero attached hydrogens (tertiary/aromatic N) is 1. The first kappa shape index (κ1) is 14.7. The third kappa shape index (κ3) is 4.14. The number of nitro benzene ring substituents is 1. The van der Waals surface area contributed by atoms with E-state index in [-0.39, 0.29) is 11.5 Å². The van der Waals surface area contributed by atoms with Crippen LogP contribution in [-0.2, 0) is 0 Å². The van der Waals surface area contributed by atoms with Gasteiger partial charge in [0.15, 0.2) is 5.78 Å². The number of ketones is 1. The molecule has 0 aromatic heterocycles. The van der Waals surface area contributed by atoms with E-state index in [0.29, 0.717) is 22.5 Å². The normalized spacial score (nSPS) is 12.4. The second-order valence-electron chi connectivity index (χ2n) is 4.49. The van der Waals surface area contributed by atoms with Crippen LogP contribution < -0.4 is 0 Å². The van der Waals surface area contributed by atoms with Gasteiger partial charge >= 0.3 is 0 Å². The van der Waals surface area contributed by atoms with E-state index in [0.717, 1.165) is 0 Å². The van der Waals surface area contributed by atoms with Gasteiger partial charge in [0, 0.05) is 22.9 Å². The molecule has 18 heavy (non-hydrogen) atoms. The molecule has 0 aliphatic carbocycles. The number of thioether (sulfide) groups is 1. The number of nitro groups is 1. The zero-order valence-electron chi connectivity index (χ0n) is 10.8. The number of carbonyl (C=O) groups excluding carboxylic acids is 1. The van der Waals surface area contributed by atoms with Crippen LogP contribution in [0.1, 0.15) is 31.1 Å². The minimum absolute atomic E-state index is 0.0391. The summed E-state index contributed by atoms with van der Waals surface area (Å²) in [6, 6.07) is 5.89. The second-order valence-corrected chi connectivity index (χ2v) is 5.86. The Morgan fingerprint density at radius 1 is 1.39 bits per heavy atom. The standard InChI is InChI=1S/C13H17NO3S/c1-9(2)10(3)18-8-13(15)11-5-4-6-12(7-11)14(16)17/h4-7,9-10H,8H2,1-3H3. The van der Waals surface area contributed by atoms with E-state index < -0.39 is 4.92 Å². The summed E-state index contributed by atoms with van der Waals surface area (Å²) in [6.07, 6.45) is 0. The molecular formula is C13H17NO3S. The Bertz CT molecular complexity index is 446. The summed E-state index contributed by atoms with van der Waals surface area (Å²) >= 11 is 1.58. The number of hydrogen-bond acceptors (Lipinski definition) is 4. The maximum atomic E-state index is 11.9. The molecule has 0 aliphatic rings. The van der Waals surface area contributed by atoms with E-state index in [9.17, 15) is 14.9 Å². The first-order valence-corrected chi connectivity index (χ1v) is 6.86. The summed E-state index contributed by atoms with van der Waals surface area (Å²) < 4.78 is 0. The molecule has 0 radical (unpaired) electrons. The number of hydrogen-bond donors (Lipinski definition) is 0. The zero-order chi connectivity index (χ0) is 13.7. The molecule has 0 N–H and O–H groups in total. The first-order valence-electron chi connectivity index (χ1n) is 5.81. The lowest BCUT2D eigenvalue weighted by molar-refractivity contribution is -0.384. The topological polar surface area (TPSA) is 60.2 Å². The van der Waals surface area contributed by atoms with E-state index in [4.69, 9.17) is 0 Å². The van der Waals surface area contributed by atoms with Gasteiger partial charge in [0.1, 0.15) is 0 Å². The fourth-order valence-corrected chi connectivity index (χ4v) is 2.24. The second kappa shape index (κ2) is 6.54. The van der Waals surface area contributed by atoms with E-state index in [1.807, 2.05) is 0 Å². The lowest BCUT2D eigenvalue weighted by atomic mass is 10.1. The molecule has 0 spiro atoms. The molecule has 1 unspecified atom stereocenters. The molecular weight excluding hydrogens is 250 g/mol. The van der Waals surface area contributed by atoms with E-state index >= 15 is 0 Å². The van der Waals surface area contributed by atoms with Crippen LogP contribution in [0.3, 0.4) is 0 Å². The van der Waals surface area contributed by atoms with E-state index in [1.165, 1.54) is 12.1 Å². The van der Waals surface area contributed by atoms with Gasteiger partial charge in [-0.05, 0) is 5.92 Å². The first-order chi connectivity index (χ1) is 8.41. The number of non-ortho nitro benzene ring substituents is 1. The van der Waals surface area contributed by atoms with Gasteiger partial charge in [0.05, 0.1) is 10.7 Å². The number of carbonyl (C=O) groups is 1. The van der Waals surface area contributed by atoms with Crippen LogP contribution in [-0.4, -0.2) is 21.7 Å². The van der Waals surface area contributed by atoms with Gasteiger partial charge in [-0.15, -0.1) is 0 Å². The largest absolute Gasteiger partial charge is 0.293 e. The molecule has 1 rings (SSSR count). The molecule has 0 bridgehead atoms. The fourth-order valence-electron chi connectivity index (χ4n) is 1.28. The third-order valence-electron chi connectivity index (χ3n) is 2.80. The Balaban J connectivity index is 2.67. The summed E-state index contributed by atoms with van der Waals surface area (Å²) in [4.78, 5) is 22.0. The van der Waals surface area contributed by atoms with Crippen molar-refractivity contribution < 1.29 is 9.72 Å². The Morgan fingerprint density at radius 2 is 2.06 bits per heavy atom.